The van der Waals surface area contributed by atoms with Crippen LogP contribution in [0, 0.1) is 0 Å². The smallest absolute Gasteiger partial charge is 0.255 e. The van der Waals surface area contributed by atoms with E-state index in [0.717, 1.165) is 45.4 Å². The second-order valence-electron chi connectivity index (χ2n) is 7.42. The lowest BCUT2D eigenvalue weighted by atomic mass is 9.90. The number of likely N-dealkylation sites (tertiary alicyclic amines) is 1. The molecule has 0 unspecified atom stereocenters. The SMILES string of the molecule is CN(C[C@]1(O)CCCN(CCc2ccccc2)C1=O)C1CCOCC1. The normalized spacial score (nSPS) is 25.6. The Labute approximate surface area is 150 Å². The van der Waals surface area contributed by atoms with Gasteiger partial charge in [0, 0.05) is 38.9 Å². The molecule has 2 fully saturated rings. The minimum absolute atomic E-state index is 0.103. The zero-order valence-corrected chi connectivity index (χ0v) is 15.2. The number of hydrogen-bond acceptors (Lipinski definition) is 4. The summed E-state index contributed by atoms with van der Waals surface area (Å²) in [7, 11) is 2.02. The molecule has 5 heteroatoms. The largest absolute Gasteiger partial charge is 0.381 e. The summed E-state index contributed by atoms with van der Waals surface area (Å²) in [5.74, 6) is -0.103. The Balaban J connectivity index is 1.57. The number of aliphatic hydroxyl groups is 1. The van der Waals surface area contributed by atoms with Gasteiger partial charge in [0.25, 0.3) is 5.91 Å². The van der Waals surface area contributed by atoms with Crippen LogP contribution in [0.2, 0.25) is 0 Å². The molecule has 25 heavy (non-hydrogen) atoms. The predicted molar refractivity (Wildman–Crippen MR) is 97.4 cm³/mol. The second-order valence-corrected chi connectivity index (χ2v) is 7.42. The Kier molecular flexibility index (Phi) is 6.10. The van der Waals surface area contributed by atoms with E-state index in [9.17, 15) is 9.90 Å². The summed E-state index contributed by atoms with van der Waals surface area (Å²) < 4.78 is 5.41. The maximum atomic E-state index is 12.9. The van der Waals surface area contributed by atoms with Crippen molar-refractivity contribution < 1.29 is 14.6 Å². The van der Waals surface area contributed by atoms with E-state index in [1.54, 1.807) is 0 Å². The Morgan fingerprint density at radius 3 is 2.72 bits per heavy atom. The molecule has 2 aliphatic rings. The molecule has 2 heterocycles. The fourth-order valence-corrected chi connectivity index (χ4v) is 4.00. The molecule has 0 radical (unpaired) electrons. The quantitative estimate of drug-likeness (QED) is 0.852. The van der Waals surface area contributed by atoms with Crippen LogP contribution in [0.5, 0.6) is 0 Å². The maximum absolute atomic E-state index is 12.9. The lowest BCUT2D eigenvalue weighted by Gasteiger charge is -2.42. The summed E-state index contributed by atoms with van der Waals surface area (Å²) in [4.78, 5) is 16.9. The van der Waals surface area contributed by atoms with Gasteiger partial charge in [0.05, 0.1) is 0 Å². The van der Waals surface area contributed by atoms with Gasteiger partial charge in [-0.15, -0.1) is 0 Å². The molecule has 1 N–H and O–H groups in total. The Morgan fingerprint density at radius 1 is 1.28 bits per heavy atom. The van der Waals surface area contributed by atoms with Gasteiger partial charge in [0.15, 0.2) is 5.60 Å². The molecule has 1 amide bonds. The number of carbonyl (C=O) groups is 1. The fourth-order valence-electron chi connectivity index (χ4n) is 4.00. The molecular formula is C20H30N2O3. The van der Waals surface area contributed by atoms with Crippen LogP contribution in [0.3, 0.4) is 0 Å². The summed E-state index contributed by atoms with van der Waals surface area (Å²) in [5.41, 5.74) is -0.0223. The first kappa shape index (κ1) is 18.4. The molecule has 2 saturated heterocycles. The molecule has 138 valence electrons. The fraction of sp³-hybridized carbons (Fsp3) is 0.650. The highest BCUT2D eigenvalue weighted by Gasteiger charge is 2.43. The first-order chi connectivity index (χ1) is 12.1. The predicted octanol–water partition coefficient (Wildman–Crippen LogP) is 1.69. The van der Waals surface area contributed by atoms with Gasteiger partial charge >= 0.3 is 0 Å². The highest BCUT2D eigenvalue weighted by atomic mass is 16.5. The van der Waals surface area contributed by atoms with Gasteiger partial charge < -0.3 is 14.7 Å². The summed E-state index contributed by atoms with van der Waals surface area (Å²) in [5, 5.41) is 11.0. The zero-order chi connectivity index (χ0) is 17.7. The van der Waals surface area contributed by atoms with Crippen molar-refractivity contribution >= 4 is 5.91 Å². The van der Waals surface area contributed by atoms with Crippen LogP contribution in [0.1, 0.15) is 31.2 Å². The van der Waals surface area contributed by atoms with Crippen LogP contribution in [0.15, 0.2) is 30.3 Å². The number of piperidine rings is 1. The van der Waals surface area contributed by atoms with E-state index >= 15 is 0 Å². The van der Waals surface area contributed by atoms with Crippen molar-refractivity contribution in [2.45, 2.75) is 43.7 Å². The number of nitrogens with zero attached hydrogens (tertiary/aromatic N) is 2. The molecule has 0 saturated carbocycles. The number of hydrogen-bond donors (Lipinski definition) is 1. The summed E-state index contributed by atoms with van der Waals surface area (Å²) in [6.45, 7) is 3.37. The zero-order valence-electron chi connectivity index (χ0n) is 15.2. The molecule has 3 rings (SSSR count). The molecule has 0 aliphatic carbocycles. The molecule has 2 aliphatic heterocycles. The van der Waals surface area contributed by atoms with Gasteiger partial charge in [0.1, 0.15) is 0 Å². The van der Waals surface area contributed by atoms with E-state index in [4.69, 9.17) is 4.74 Å². The summed E-state index contributed by atoms with van der Waals surface area (Å²) >= 11 is 0. The van der Waals surface area contributed by atoms with Crippen LogP contribution in [-0.2, 0) is 16.0 Å². The van der Waals surface area contributed by atoms with Crippen LogP contribution >= 0.6 is 0 Å². The van der Waals surface area contributed by atoms with Crippen molar-refractivity contribution in [2.75, 3.05) is 39.9 Å². The van der Waals surface area contributed by atoms with Crippen LogP contribution in [-0.4, -0.2) is 72.4 Å². The average Bonchev–Trinajstić information content (AvgIpc) is 2.64. The minimum Gasteiger partial charge on any atom is -0.381 e. The van der Waals surface area contributed by atoms with Crippen LogP contribution < -0.4 is 0 Å². The van der Waals surface area contributed by atoms with E-state index < -0.39 is 5.60 Å². The highest BCUT2D eigenvalue weighted by molar-refractivity contribution is 5.86. The van der Waals surface area contributed by atoms with Crippen molar-refractivity contribution in [1.82, 2.24) is 9.80 Å². The van der Waals surface area contributed by atoms with Crippen molar-refractivity contribution in [3.63, 3.8) is 0 Å². The van der Waals surface area contributed by atoms with E-state index in [0.29, 0.717) is 25.6 Å². The Bertz CT molecular complexity index is 559. The Morgan fingerprint density at radius 2 is 2.00 bits per heavy atom. The molecule has 0 spiro atoms. The monoisotopic (exact) mass is 346 g/mol. The van der Waals surface area contributed by atoms with Crippen molar-refractivity contribution in [3.8, 4) is 0 Å². The van der Waals surface area contributed by atoms with Gasteiger partial charge in [-0.2, -0.15) is 0 Å². The molecule has 1 atom stereocenters. The first-order valence-electron chi connectivity index (χ1n) is 9.42. The topological polar surface area (TPSA) is 53.0 Å². The van der Waals surface area contributed by atoms with Crippen molar-refractivity contribution in [2.24, 2.45) is 0 Å². The molecule has 0 bridgehead atoms. The Hall–Kier alpha value is -1.43. The number of rotatable bonds is 6. The van der Waals surface area contributed by atoms with Gasteiger partial charge in [-0.05, 0) is 44.7 Å². The number of carbonyl (C=O) groups excluding carboxylic acids is 1. The number of benzene rings is 1. The number of ether oxygens (including phenoxy) is 1. The van der Waals surface area contributed by atoms with E-state index in [1.165, 1.54) is 5.56 Å². The van der Waals surface area contributed by atoms with Gasteiger partial charge in [-0.1, -0.05) is 30.3 Å². The van der Waals surface area contributed by atoms with Gasteiger partial charge in [-0.3, -0.25) is 9.69 Å². The number of likely N-dealkylation sites (N-methyl/N-ethyl adjacent to an activating group) is 1. The third kappa shape index (κ3) is 4.60. The van der Waals surface area contributed by atoms with Gasteiger partial charge in [0.2, 0.25) is 0 Å². The number of amides is 1. The molecule has 1 aromatic carbocycles. The standard InChI is InChI=1S/C20H30N2O3/c1-21(18-9-14-25-15-10-18)16-20(24)11-5-12-22(19(20)23)13-8-17-6-3-2-4-7-17/h2-4,6-7,18,24H,5,8-16H2,1H3/t20-/m1/s1. The highest BCUT2D eigenvalue weighted by Crippen LogP contribution is 2.26. The van der Waals surface area contributed by atoms with E-state index in [-0.39, 0.29) is 5.91 Å². The average molecular weight is 346 g/mol. The van der Waals surface area contributed by atoms with Crippen LogP contribution in [0.25, 0.3) is 0 Å². The van der Waals surface area contributed by atoms with Crippen molar-refractivity contribution in [3.05, 3.63) is 35.9 Å². The first-order valence-corrected chi connectivity index (χ1v) is 9.42. The van der Waals surface area contributed by atoms with Crippen LogP contribution in [0.4, 0.5) is 0 Å². The molecule has 1 aromatic rings. The third-order valence-corrected chi connectivity index (χ3v) is 5.54. The minimum atomic E-state index is -1.25. The summed E-state index contributed by atoms with van der Waals surface area (Å²) in [6, 6.07) is 10.6. The molecular weight excluding hydrogens is 316 g/mol. The van der Waals surface area contributed by atoms with E-state index in [2.05, 4.69) is 17.0 Å². The third-order valence-electron chi connectivity index (χ3n) is 5.54. The van der Waals surface area contributed by atoms with Crippen molar-refractivity contribution in [1.29, 1.82) is 0 Å². The molecule has 5 nitrogen and oxygen atoms in total. The maximum Gasteiger partial charge on any atom is 0.255 e. The molecule has 0 aromatic heterocycles. The van der Waals surface area contributed by atoms with Gasteiger partial charge in [-0.25, -0.2) is 0 Å². The summed E-state index contributed by atoms with van der Waals surface area (Å²) in [6.07, 6.45) is 4.19. The second kappa shape index (κ2) is 8.30. The lowest BCUT2D eigenvalue weighted by molar-refractivity contribution is -0.160. The lowest BCUT2D eigenvalue weighted by Crippen LogP contribution is -2.59. The van der Waals surface area contributed by atoms with E-state index in [1.807, 2.05) is 30.1 Å².